The Bertz CT molecular complexity index is 555. The molecule has 0 saturated carbocycles. The minimum atomic E-state index is -4.05. The van der Waals surface area contributed by atoms with E-state index in [4.69, 9.17) is 0 Å². The Kier molecular flexibility index (Phi) is 5.72. The summed E-state index contributed by atoms with van der Waals surface area (Å²) >= 11 is 1.13. The average Bonchev–Trinajstić information content (AvgIpc) is 2.73. The molecule has 8 nitrogen and oxygen atoms in total. The molecule has 1 amide bonds. The molecule has 0 aliphatic rings. The van der Waals surface area contributed by atoms with Crippen molar-refractivity contribution in [1.29, 1.82) is 0 Å². The fourth-order valence-corrected chi connectivity index (χ4v) is 2.93. The van der Waals surface area contributed by atoms with Crippen molar-refractivity contribution in [1.82, 2.24) is 15.0 Å². The number of carbonyl (C=O) groups excluding carboxylic acids is 1. The summed E-state index contributed by atoms with van der Waals surface area (Å²) in [5.41, 5.74) is 0.708. The van der Waals surface area contributed by atoms with E-state index in [2.05, 4.69) is 19.8 Å². The highest BCUT2D eigenvalue weighted by Gasteiger charge is 2.18. The molecule has 0 bridgehead atoms. The molecule has 0 aliphatic carbocycles. The van der Waals surface area contributed by atoms with Gasteiger partial charge in [0.05, 0.1) is 11.8 Å². The van der Waals surface area contributed by atoms with Crippen molar-refractivity contribution in [2.24, 2.45) is 0 Å². The fourth-order valence-electron chi connectivity index (χ4n) is 1.17. The fraction of sp³-hybridized carbons (Fsp3) is 0.600. The summed E-state index contributed by atoms with van der Waals surface area (Å²) in [5, 5.41) is 4.89. The van der Waals surface area contributed by atoms with Gasteiger partial charge in [-0.2, -0.15) is 8.42 Å². The second-order valence-corrected chi connectivity index (χ2v) is 6.52. The molecule has 1 rings (SSSR count). The van der Waals surface area contributed by atoms with Crippen LogP contribution in [-0.4, -0.2) is 32.6 Å². The zero-order valence-electron chi connectivity index (χ0n) is 11.6. The van der Waals surface area contributed by atoms with Crippen LogP contribution in [0.5, 0.6) is 0 Å². The van der Waals surface area contributed by atoms with Crippen molar-refractivity contribution in [3.63, 3.8) is 0 Å². The van der Waals surface area contributed by atoms with Crippen molar-refractivity contribution >= 4 is 32.8 Å². The van der Waals surface area contributed by atoms with Gasteiger partial charge in [0.15, 0.2) is 5.13 Å². The Balaban J connectivity index is 2.67. The lowest BCUT2D eigenvalue weighted by Gasteiger charge is -2.10. The molecule has 0 radical (unpaired) electrons. The SMILES string of the molecule is CNC(C)c1csc(NS(=O)(=O)NC(=O)OC(C)C)n1. The molecule has 0 spiro atoms. The Hall–Kier alpha value is -1.39. The molecule has 1 heterocycles. The largest absolute Gasteiger partial charge is 0.446 e. The normalized spacial score (nSPS) is 13.1. The van der Waals surface area contributed by atoms with Gasteiger partial charge in [0.1, 0.15) is 0 Å². The summed E-state index contributed by atoms with van der Waals surface area (Å²) < 4.78 is 31.9. The molecule has 20 heavy (non-hydrogen) atoms. The quantitative estimate of drug-likeness (QED) is 0.726. The van der Waals surface area contributed by atoms with Gasteiger partial charge in [-0.15, -0.1) is 11.3 Å². The summed E-state index contributed by atoms with van der Waals surface area (Å²) in [6.45, 7) is 5.13. The Morgan fingerprint density at radius 1 is 1.40 bits per heavy atom. The molecule has 1 atom stereocenters. The summed E-state index contributed by atoms with van der Waals surface area (Å²) in [6.07, 6.45) is -1.44. The van der Waals surface area contributed by atoms with E-state index >= 15 is 0 Å². The molecule has 0 fully saturated rings. The monoisotopic (exact) mass is 322 g/mol. The van der Waals surface area contributed by atoms with Crippen LogP contribution in [0, 0.1) is 0 Å². The van der Waals surface area contributed by atoms with E-state index in [0.717, 1.165) is 11.3 Å². The minimum absolute atomic E-state index is 0.00312. The predicted molar refractivity (Wildman–Crippen MR) is 76.9 cm³/mol. The Labute approximate surface area is 122 Å². The van der Waals surface area contributed by atoms with E-state index in [-0.39, 0.29) is 11.2 Å². The number of hydrogen-bond acceptors (Lipinski definition) is 7. The number of anilines is 1. The van der Waals surface area contributed by atoms with Gasteiger partial charge in [0, 0.05) is 11.4 Å². The van der Waals surface area contributed by atoms with E-state index in [1.165, 1.54) is 0 Å². The van der Waals surface area contributed by atoms with E-state index in [1.807, 2.05) is 6.92 Å². The molecule has 0 saturated heterocycles. The van der Waals surface area contributed by atoms with Gasteiger partial charge in [-0.1, -0.05) is 0 Å². The molecule has 1 aromatic rings. The molecule has 0 aromatic carbocycles. The third-order valence-corrected chi connectivity index (χ3v) is 3.98. The lowest BCUT2D eigenvalue weighted by Crippen LogP contribution is -2.36. The highest BCUT2D eigenvalue weighted by atomic mass is 32.2. The standard InChI is InChI=1S/C10H18N4O4S2/c1-6(2)18-10(15)14-20(16,17)13-9-12-8(5-19-9)7(3)11-4/h5-7,11H,1-4H3,(H,12,13)(H,14,15). The molecule has 3 N–H and O–H groups in total. The van der Waals surface area contributed by atoms with Crippen LogP contribution in [0.4, 0.5) is 9.93 Å². The summed E-state index contributed by atoms with van der Waals surface area (Å²) in [4.78, 5) is 15.3. The maximum Gasteiger partial charge on any atom is 0.422 e. The van der Waals surface area contributed by atoms with Crippen LogP contribution in [0.15, 0.2) is 5.38 Å². The number of carbonyl (C=O) groups is 1. The van der Waals surface area contributed by atoms with E-state index in [0.29, 0.717) is 5.69 Å². The lowest BCUT2D eigenvalue weighted by atomic mass is 10.3. The second kappa shape index (κ2) is 6.86. The van der Waals surface area contributed by atoms with Gasteiger partial charge >= 0.3 is 16.3 Å². The molecule has 10 heteroatoms. The molecule has 114 valence electrons. The zero-order valence-corrected chi connectivity index (χ0v) is 13.3. The number of nitrogens with one attached hydrogen (secondary N) is 3. The smallest absolute Gasteiger partial charge is 0.422 e. The third kappa shape index (κ3) is 5.31. The third-order valence-electron chi connectivity index (χ3n) is 2.18. The number of ether oxygens (including phenoxy) is 1. The van der Waals surface area contributed by atoms with Gasteiger partial charge < -0.3 is 10.1 Å². The Morgan fingerprint density at radius 2 is 2.05 bits per heavy atom. The first kappa shape index (κ1) is 16.7. The van der Waals surface area contributed by atoms with Crippen molar-refractivity contribution in [2.75, 3.05) is 11.8 Å². The van der Waals surface area contributed by atoms with Crippen LogP contribution in [0.25, 0.3) is 0 Å². The molecular formula is C10H18N4O4S2. The number of aromatic nitrogens is 1. The number of thiazole rings is 1. The van der Waals surface area contributed by atoms with Crippen LogP contribution < -0.4 is 14.8 Å². The maximum absolute atomic E-state index is 11.7. The minimum Gasteiger partial charge on any atom is -0.446 e. The summed E-state index contributed by atoms with van der Waals surface area (Å²) in [6, 6.07) is 0.00312. The maximum atomic E-state index is 11.7. The van der Waals surface area contributed by atoms with E-state index in [9.17, 15) is 13.2 Å². The van der Waals surface area contributed by atoms with Gasteiger partial charge in [-0.05, 0) is 27.8 Å². The summed E-state index contributed by atoms with van der Waals surface area (Å²) in [7, 11) is -2.27. The van der Waals surface area contributed by atoms with Crippen LogP contribution >= 0.6 is 11.3 Å². The van der Waals surface area contributed by atoms with Gasteiger partial charge in [0.2, 0.25) is 0 Å². The molecular weight excluding hydrogens is 304 g/mol. The van der Waals surface area contributed by atoms with Crippen LogP contribution in [0.2, 0.25) is 0 Å². The van der Waals surface area contributed by atoms with Crippen molar-refractivity contribution in [3.05, 3.63) is 11.1 Å². The first-order valence-corrected chi connectivity index (χ1v) is 8.23. The molecule has 1 unspecified atom stereocenters. The van der Waals surface area contributed by atoms with Gasteiger partial charge in [-0.3, -0.25) is 0 Å². The Morgan fingerprint density at radius 3 is 2.60 bits per heavy atom. The van der Waals surface area contributed by atoms with Crippen molar-refractivity contribution < 1.29 is 17.9 Å². The highest BCUT2D eigenvalue weighted by molar-refractivity contribution is 7.91. The zero-order chi connectivity index (χ0) is 15.3. The van der Waals surface area contributed by atoms with Crippen LogP contribution in [0.3, 0.4) is 0 Å². The highest BCUT2D eigenvalue weighted by Crippen LogP contribution is 2.20. The van der Waals surface area contributed by atoms with Crippen LogP contribution in [0.1, 0.15) is 32.5 Å². The van der Waals surface area contributed by atoms with Crippen LogP contribution in [-0.2, 0) is 14.9 Å². The van der Waals surface area contributed by atoms with Crippen molar-refractivity contribution in [3.8, 4) is 0 Å². The van der Waals surface area contributed by atoms with E-state index < -0.39 is 22.4 Å². The topological polar surface area (TPSA) is 109 Å². The average molecular weight is 322 g/mol. The van der Waals surface area contributed by atoms with Gasteiger partial charge in [-0.25, -0.2) is 19.2 Å². The second-order valence-electron chi connectivity index (χ2n) is 4.25. The van der Waals surface area contributed by atoms with E-state index in [1.54, 1.807) is 31.0 Å². The number of amides is 1. The number of hydrogen-bond donors (Lipinski definition) is 3. The number of nitrogens with zero attached hydrogens (tertiary/aromatic N) is 1. The first-order chi connectivity index (χ1) is 9.23. The molecule has 1 aromatic heterocycles. The first-order valence-electron chi connectivity index (χ1n) is 5.87. The molecule has 0 aliphatic heterocycles. The van der Waals surface area contributed by atoms with Gasteiger partial charge in [0.25, 0.3) is 0 Å². The number of rotatable bonds is 6. The summed E-state index contributed by atoms with van der Waals surface area (Å²) in [5.74, 6) is 0. The predicted octanol–water partition coefficient (Wildman–Crippen LogP) is 1.21. The van der Waals surface area contributed by atoms with Crippen molar-refractivity contribution in [2.45, 2.75) is 32.9 Å². The lowest BCUT2D eigenvalue weighted by molar-refractivity contribution is 0.121.